The number of aliphatic hydroxyl groups is 2. The molecule has 7 rings (SSSR count). The normalized spacial score (nSPS) is 43.5. The highest BCUT2D eigenvalue weighted by atomic mass is 19.1. The van der Waals surface area contributed by atoms with Crippen molar-refractivity contribution in [1.82, 2.24) is 9.55 Å². The van der Waals surface area contributed by atoms with E-state index >= 15 is 8.78 Å². The number of aromatic nitrogens is 2. The molecule has 4 aliphatic carbocycles. The van der Waals surface area contributed by atoms with Crippen molar-refractivity contribution in [3.8, 4) is 0 Å². The van der Waals surface area contributed by atoms with Crippen LogP contribution in [-0.2, 0) is 33.3 Å². The van der Waals surface area contributed by atoms with Gasteiger partial charge >= 0.3 is 11.8 Å². The van der Waals surface area contributed by atoms with E-state index in [1.54, 1.807) is 25.8 Å². The molecule has 14 nitrogen and oxygen atoms in total. The summed E-state index contributed by atoms with van der Waals surface area (Å²) >= 11 is 0. The topological polar surface area (TPSA) is 193 Å². The van der Waals surface area contributed by atoms with E-state index < -0.39 is 125 Å². The van der Waals surface area contributed by atoms with Gasteiger partial charge in [0, 0.05) is 23.2 Å². The van der Waals surface area contributed by atoms with Crippen molar-refractivity contribution >= 4 is 17.7 Å². The molecule has 1 aromatic rings. The van der Waals surface area contributed by atoms with Crippen LogP contribution in [0.4, 0.5) is 18.0 Å². The first kappa shape index (κ1) is 35.7. The van der Waals surface area contributed by atoms with Crippen LogP contribution in [0.3, 0.4) is 0 Å². The summed E-state index contributed by atoms with van der Waals surface area (Å²) in [6.45, 7) is 4.83. The number of alkyl halides is 2. The van der Waals surface area contributed by atoms with Gasteiger partial charge in [-0.25, -0.2) is 18.4 Å². The van der Waals surface area contributed by atoms with Gasteiger partial charge in [0.25, 0.3) is 5.56 Å². The Kier molecular flexibility index (Phi) is 8.19. The summed E-state index contributed by atoms with van der Waals surface area (Å²) in [5.74, 6) is -5.62. The molecule has 7 unspecified atom stereocenters. The first-order valence-corrected chi connectivity index (χ1v) is 16.8. The number of nitrogens with zero attached hydrogens (tertiary/aromatic N) is 1. The second-order valence-corrected chi connectivity index (χ2v) is 15.3. The van der Waals surface area contributed by atoms with E-state index in [1.807, 2.05) is 0 Å². The van der Waals surface area contributed by atoms with Gasteiger partial charge < -0.3 is 33.9 Å². The van der Waals surface area contributed by atoms with Crippen molar-refractivity contribution in [3.05, 3.63) is 56.7 Å². The summed E-state index contributed by atoms with van der Waals surface area (Å²) in [4.78, 5) is 64.3. The van der Waals surface area contributed by atoms with E-state index in [0.717, 1.165) is 10.6 Å². The lowest BCUT2D eigenvalue weighted by molar-refractivity contribution is -0.249. The van der Waals surface area contributed by atoms with Crippen LogP contribution in [0.15, 0.2) is 39.6 Å². The summed E-state index contributed by atoms with van der Waals surface area (Å²) in [6.07, 6.45) is -5.90. The molecule has 0 radical (unpaired) electrons. The Balaban J connectivity index is 1.07. The molecule has 51 heavy (non-hydrogen) atoms. The molecular weight excluding hydrogens is 685 g/mol. The number of nitrogens with one attached hydrogen (secondary N) is 1. The zero-order valence-electron chi connectivity index (χ0n) is 28.2. The maximum atomic E-state index is 17.6. The zero-order valence-corrected chi connectivity index (χ0v) is 28.2. The van der Waals surface area contributed by atoms with Crippen LogP contribution in [0.2, 0.25) is 0 Å². The van der Waals surface area contributed by atoms with E-state index in [1.165, 1.54) is 19.1 Å². The number of carbonyl (C=O) groups is 3. The second-order valence-electron chi connectivity index (χ2n) is 15.3. The first-order chi connectivity index (χ1) is 23.8. The minimum Gasteiger partial charge on any atom is -0.431 e. The Morgan fingerprint density at radius 2 is 1.80 bits per heavy atom. The van der Waals surface area contributed by atoms with Gasteiger partial charge in [0.1, 0.15) is 25.1 Å². The fraction of sp³-hybridized carbons (Fsp3) is 0.676. The van der Waals surface area contributed by atoms with Gasteiger partial charge in [-0.2, -0.15) is 4.39 Å². The molecule has 3 N–H and O–H groups in total. The van der Waals surface area contributed by atoms with Gasteiger partial charge in [-0.15, -0.1) is 0 Å². The minimum absolute atomic E-state index is 0.0359. The van der Waals surface area contributed by atoms with Gasteiger partial charge in [0.05, 0.1) is 24.5 Å². The van der Waals surface area contributed by atoms with Gasteiger partial charge in [-0.3, -0.25) is 23.9 Å². The lowest BCUT2D eigenvalue weighted by Gasteiger charge is -2.63. The zero-order chi connectivity index (χ0) is 37.1. The van der Waals surface area contributed by atoms with Crippen LogP contribution in [0, 0.1) is 28.5 Å². The summed E-state index contributed by atoms with van der Waals surface area (Å²) in [5.41, 5.74) is -9.43. The Hall–Kier alpha value is -3.64. The predicted octanol–water partition coefficient (Wildman–Crippen LogP) is 1.87. The number of aromatic amines is 1. The number of hydrogen-bond acceptors (Lipinski definition) is 12. The van der Waals surface area contributed by atoms with Crippen molar-refractivity contribution in [1.29, 1.82) is 0 Å². The number of fused-ring (bicyclic) bond motifs is 7. The monoisotopic (exact) mass is 724 g/mol. The van der Waals surface area contributed by atoms with Crippen LogP contribution in [0.25, 0.3) is 0 Å². The number of H-pyrrole nitrogens is 1. The van der Waals surface area contributed by atoms with Gasteiger partial charge in [0.2, 0.25) is 11.6 Å². The Bertz CT molecular complexity index is 1860. The summed E-state index contributed by atoms with van der Waals surface area (Å²) in [6, 6.07) is 0. The van der Waals surface area contributed by atoms with E-state index in [2.05, 4.69) is 0 Å². The number of rotatable bonds is 6. The molecule has 278 valence electrons. The van der Waals surface area contributed by atoms with Crippen molar-refractivity contribution in [3.63, 3.8) is 0 Å². The SMILES string of the molecule is CC1(C)O[C@@H]2CC3C4C[C@H](F)C5=CC(=O)C=CC5(C)[C@@]4(F)[C@@H](O)CC3(C)[C@]2(C(=O)COC(=O)OCC2OC(n3cc(F)c(=O)[nH]c3=O)CC2O)O1. The van der Waals surface area contributed by atoms with Crippen LogP contribution in [-0.4, -0.2) is 98.3 Å². The maximum absolute atomic E-state index is 17.6. The first-order valence-electron chi connectivity index (χ1n) is 16.8. The summed E-state index contributed by atoms with van der Waals surface area (Å²) in [7, 11) is 0. The molecule has 3 saturated carbocycles. The quantitative estimate of drug-likeness (QED) is 0.362. The van der Waals surface area contributed by atoms with Gasteiger partial charge in [-0.1, -0.05) is 13.0 Å². The molecule has 0 aromatic carbocycles. The van der Waals surface area contributed by atoms with Gasteiger partial charge in [0.15, 0.2) is 29.4 Å². The largest absolute Gasteiger partial charge is 0.508 e. The molecule has 3 heterocycles. The van der Waals surface area contributed by atoms with Crippen LogP contribution in [0.1, 0.15) is 59.6 Å². The molecule has 17 heteroatoms. The Morgan fingerprint density at radius 1 is 1.08 bits per heavy atom. The predicted molar refractivity (Wildman–Crippen MR) is 165 cm³/mol. The number of ether oxygens (including phenoxy) is 5. The molecule has 0 amide bonds. The summed E-state index contributed by atoms with van der Waals surface area (Å²) in [5, 5.41) is 22.1. The molecule has 6 aliphatic rings. The summed E-state index contributed by atoms with van der Waals surface area (Å²) < 4.78 is 76.3. The smallest absolute Gasteiger partial charge is 0.431 e. The molecule has 1 aromatic heterocycles. The van der Waals surface area contributed by atoms with E-state index in [-0.39, 0.29) is 31.3 Å². The number of aliphatic hydroxyl groups excluding tert-OH is 2. The number of halogens is 3. The van der Waals surface area contributed by atoms with Crippen molar-refractivity contribution < 1.29 is 61.5 Å². The third-order valence-corrected chi connectivity index (χ3v) is 12.2. The molecule has 5 fully saturated rings. The molecule has 2 aliphatic heterocycles. The lowest BCUT2D eigenvalue weighted by Crippen LogP contribution is -2.71. The van der Waals surface area contributed by atoms with E-state index in [4.69, 9.17) is 23.7 Å². The van der Waals surface area contributed by atoms with Crippen molar-refractivity contribution in [2.75, 3.05) is 13.2 Å². The number of carbonyl (C=O) groups excluding carboxylic acids is 3. The third kappa shape index (κ3) is 5.05. The number of hydrogen-bond donors (Lipinski definition) is 3. The highest BCUT2D eigenvalue weighted by molar-refractivity contribution is 6.01. The molecule has 0 spiro atoms. The molecule has 2 saturated heterocycles. The molecule has 12 atom stereocenters. The molecule has 0 bridgehead atoms. The maximum Gasteiger partial charge on any atom is 0.508 e. The number of allylic oxidation sites excluding steroid dienone is 4. The van der Waals surface area contributed by atoms with Crippen LogP contribution >= 0.6 is 0 Å². The van der Waals surface area contributed by atoms with Crippen LogP contribution < -0.4 is 11.2 Å². The number of Topliss-reactive ketones (excluding diaryl/α,β-unsaturated/α-hetero) is 1. The minimum atomic E-state index is -2.40. The lowest BCUT2D eigenvalue weighted by atomic mass is 9.44. The van der Waals surface area contributed by atoms with Gasteiger partial charge in [-0.05, 0) is 63.7 Å². The Labute approximate surface area is 288 Å². The average molecular weight is 725 g/mol. The highest BCUT2D eigenvalue weighted by Gasteiger charge is 2.80. The van der Waals surface area contributed by atoms with Crippen molar-refractivity contribution in [2.24, 2.45) is 22.7 Å². The fourth-order valence-electron chi connectivity index (χ4n) is 9.94. The van der Waals surface area contributed by atoms with E-state index in [0.29, 0.717) is 6.20 Å². The average Bonchev–Trinajstić information content (AvgIpc) is 3.64. The fourth-order valence-corrected chi connectivity index (χ4v) is 9.94. The highest BCUT2D eigenvalue weighted by Crippen LogP contribution is 2.72. The number of ketones is 2. The second kappa shape index (κ2) is 11.7. The standard InChI is InChI=1S/C34H39F3N2O12/c1-30(2)50-25-9-16-17-8-19(35)18-7-15(40)5-6-31(18,3)33(17,37)23(42)11-32(16,4)34(25,51-30)24(43)14-48-29(46)47-13-22-21(41)10-26(49-22)39-12-20(36)27(44)38-28(39)45/h5-7,12,16-17,19,21-23,25-26,41-42H,8-11,13-14H2,1-4H3,(H,38,44,45)/t16?,17?,19-,21?,22?,23-,25+,26?,31?,32?,33-,34+/m0/s1. The third-order valence-electron chi connectivity index (χ3n) is 12.2. The molecular formula is C34H39F3N2O12. The van der Waals surface area contributed by atoms with Crippen molar-refractivity contribution in [2.45, 2.75) is 107 Å². The van der Waals surface area contributed by atoms with E-state index in [9.17, 15) is 38.6 Å². The van der Waals surface area contributed by atoms with Crippen LogP contribution in [0.5, 0.6) is 0 Å². The Morgan fingerprint density at radius 3 is 2.53 bits per heavy atom.